The van der Waals surface area contributed by atoms with Gasteiger partial charge >= 0.3 is 0 Å². The fourth-order valence-corrected chi connectivity index (χ4v) is 3.66. The summed E-state index contributed by atoms with van der Waals surface area (Å²) in [5.74, 6) is 0.413. The highest BCUT2D eigenvalue weighted by molar-refractivity contribution is 5.85. The summed E-state index contributed by atoms with van der Waals surface area (Å²) in [4.78, 5) is 7.11. The molecule has 4 nitrogen and oxygen atoms in total. The van der Waals surface area contributed by atoms with Crippen LogP contribution in [-0.2, 0) is 6.54 Å². The van der Waals surface area contributed by atoms with Gasteiger partial charge in [-0.25, -0.2) is 4.98 Å². The molecule has 3 aromatic rings. The molecule has 1 fully saturated rings. The first kappa shape index (κ1) is 17.0. The lowest BCUT2D eigenvalue weighted by Crippen LogP contribution is -2.28. The van der Waals surface area contributed by atoms with Crippen LogP contribution in [0.4, 0.5) is 0 Å². The van der Waals surface area contributed by atoms with E-state index in [4.69, 9.17) is 5.73 Å². The maximum atomic E-state index is 6.42. The minimum Gasteiger partial charge on any atom is -0.326 e. The van der Waals surface area contributed by atoms with Gasteiger partial charge in [0.05, 0.1) is 11.4 Å². The standard InChI is InChI=1S/C19H22N4.ClH/c1-14-18(23-10-6-5-9-19(23)21-14)13-22-11-16(17(20)12-22)15-7-3-2-4-8-15;/h2-10,16-17H,11-13,20H2,1H3;1H/t16-,17+;/m0./s1. The van der Waals surface area contributed by atoms with E-state index in [-0.39, 0.29) is 18.4 Å². The fraction of sp³-hybridized carbons (Fsp3) is 0.316. The molecular formula is C19H23ClN4. The quantitative estimate of drug-likeness (QED) is 0.796. The first-order chi connectivity index (χ1) is 11.2. The number of aryl methyl sites for hydroxylation is 1. The number of nitrogens with zero attached hydrogens (tertiary/aromatic N) is 3. The lowest BCUT2D eigenvalue weighted by Gasteiger charge is -2.16. The minimum atomic E-state index is 0. The van der Waals surface area contributed by atoms with E-state index in [0.717, 1.165) is 31.0 Å². The van der Waals surface area contributed by atoms with Crippen molar-refractivity contribution in [1.29, 1.82) is 0 Å². The van der Waals surface area contributed by atoms with Crippen LogP contribution >= 0.6 is 12.4 Å². The van der Waals surface area contributed by atoms with E-state index in [1.807, 2.05) is 6.07 Å². The molecule has 126 valence electrons. The third-order valence-corrected chi connectivity index (χ3v) is 4.87. The zero-order valence-corrected chi connectivity index (χ0v) is 14.6. The van der Waals surface area contributed by atoms with Crippen molar-refractivity contribution >= 4 is 18.1 Å². The first-order valence-corrected chi connectivity index (χ1v) is 8.18. The van der Waals surface area contributed by atoms with E-state index in [0.29, 0.717) is 5.92 Å². The molecule has 5 heteroatoms. The molecule has 0 aliphatic carbocycles. The number of nitrogens with two attached hydrogens (primary N) is 1. The van der Waals surface area contributed by atoms with Crippen molar-refractivity contribution in [1.82, 2.24) is 14.3 Å². The SMILES string of the molecule is Cc1nc2ccccn2c1CN1C[C@@H](N)[C@H](c2ccccc2)C1.Cl. The molecule has 4 rings (SSSR count). The molecule has 0 bridgehead atoms. The van der Waals surface area contributed by atoms with Crippen molar-refractivity contribution in [3.63, 3.8) is 0 Å². The number of aromatic nitrogens is 2. The number of likely N-dealkylation sites (tertiary alicyclic amines) is 1. The number of pyridine rings is 1. The molecule has 1 aliphatic rings. The fourth-order valence-electron chi connectivity index (χ4n) is 3.66. The second-order valence-corrected chi connectivity index (χ2v) is 6.45. The Morgan fingerprint density at radius 3 is 2.62 bits per heavy atom. The Bertz CT molecular complexity index is 815. The summed E-state index contributed by atoms with van der Waals surface area (Å²) < 4.78 is 2.19. The van der Waals surface area contributed by atoms with Gasteiger partial charge in [-0.3, -0.25) is 4.90 Å². The molecule has 2 N–H and O–H groups in total. The molecular weight excluding hydrogens is 320 g/mol. The van der Waals surface area contributed by atoms with Gasteiger partial charge in [-0.2, -0.15) is 0 Å². The maximum Gasteiger partial charge on any atom is 0.137 e. The van der Waals surface area contributed by atoms with Gasteiger partial charge in [-0.15, -0.1) is 12.4 Å². The average Bonchev–Trinajstić information content (AvgIpc) is 3.09. The molecule has 1 aromatic carbocycles. The molecule has 0 radical (unpaired) electrons. The Morgan fingerprint density at radius 1 is 1.08 bits per heavy atom. The largest absolute Gasteiger partial charge is 0.326 e. The second-order valence-electron chi connectivity index (χ2n) is 6.45. The van der Waals surface area contributed by atoms with Crippen molar-refractivity contribution in [2.75, 3.05) is 13.1 Å². The summed E-state index contributed by atoms with van der Waals surface area (Å²) in [6, 6.07) is 17.0. The average molecular weight is 343 g/mol. The summed E-state index contributed by atoms with van der Waals surface area (Å²) in [7, 11) is 0. The lowest BCUT2D eigenvalue weighted by molar-refractivity contribution is 0.318. The van der Waals surface area contributed by atoms with Gasteiger partial charge in [0.15, 0.2) is 0 Å². The van der Waals surface area contributed by atoms with Gasteiger partial charge in [-0.1, -0.05) is 36.4 Å². The highest BCUT2D eigenvalue weighted by Gasteiger charge is 2.31. The Morgan fingerprint density at radius 2 is 1.83 bits per heavy atom. The molecule has 0 unspecified atom stereocenters. The van der Waals surface area contributed by atoms with Crippen molar-refractivity contribution in [2.24, 2.45) is 5.73 Å². The molecule has 24 heavy (non-hydrogen) atoms. The number of rotatable bonds is 3. The van der Waals surface area contributed by atoms with Gasteiger partial charge in [0.1, 0.15) is 5.65 Å². The predicted molar refractivity (Wildman–Crippen MR) is 99.6 cm³/mol. The zero-order valence-electron chi connectivity index (χ0n) is 13.8. The summed E-state index contributed by atoms with van der Waals surface area (Å²) in [6.45, 7) is 4.92. The van der Waals surface area contributed by atoms with Crippen LogP contribution in [0.2, 0.25) is 0 Å². The highest BCUT2D eigenvalue weighted by Crippen LogP contribution is 2.28. The molecule has 2 atom stereocenters. The van der Waals surface area contributed by atoms with Crippen LogP contribution in [0.25, 0.3) is 5.65 Å². The number of hydrogen-bond acceptors (Lipinski definition) is 3. The Kier molecular flexibility index (Phi) is 4.90. The van der Waals surface area contributed by atoms with E-state index >= 15 is 0 Å². The van der Waals surface area contributed by atoms with Gasteiger partial charge in [0, 0.05) is 37.8 Å². The van der Waals surface area contributed by atoms with E-state index in [2.05, 4.69) is 69.9 Å². The molecule has 0 saturated carbocycles. The topological polar surface area (TPSA) is 46.6 Å². The van der Waals surface area contributed by atoms with Gasteiger partial charge < -0.3 is 10.1 Å². The normalized spacial score (nSPS) is 21.1. The maximum absolute atomic E-state index is 6.42. The monoisotopic (exact) mass is 342 g/mol. The number of benzene rings is 1. The molecule has 1 saturated heterocycles. The van der Waals surface area contributed by atoms with Crippen LogP contribution in [0.5, 0.6) is 0 Å². The Hall–Kier alpha value is -1.88. The number of imidazole rings is 1. The first-order valence-electron chi connectivity index (χ1n) is 8.18. The van der Waals surface area contributed by atoms with Crippen LogP contribution in [0.15, 0.2) is 54.7 Å². The van der Waals surface area contributed by atoms with Crippen LogP contribution < -0.4 is 5.73 Å². The Labute approximate surface area is 148 Å². The summed E-state index contributed by atoms with van der Waals surface area (Å²) in [6.07, 6.45) is 2.09. The highest BCUT2D eigenvalue weighted by atomic mass is 35.5. The van der Waals surface area contributed by atoms with E-state index in [9.17, 15) is 0 Å². The Balaban J connectivity index is 0.00000169. The molecule has 0 amide bonds. The van der Waals surface area contributed by atoms with Crippen molar-refractivity contribution < 1.29 is 0 Å². The summed E-state index contributed by atoms with van der Waals surface area (Å²) in [5.41, 5.74) is 11.1. The second kappa shape index (κ2) is 6.93. The van der Waals surface area contributed by atoms with Gasteiger partial charge in [0.2, 0.25) is 0 Å². The van der Waals surface area contributed by atoms with Gasteiger partial charge in [0.25, 0.3) is 0 Å². The van der Waals surface area contributed by atoms with E-state index in [1.54, 1.807) is 0 Å². The van der Waals surface area contributed by atoms with Crippen LogP contribution in [0.3, 0.4) is 0 Å². The smallest absolute Gasteiger partial charge is 0.137 e. The van der Waals surface area contributed by atoms with Crippen LogP contribution in [0.1, 0.15) is 22.9 Å². The van der Waals surface area contributed by atoms with Crippen LogP contribution in [-0.4, -0.2) is 33.4 Å². The third kappa shape index (κ3) is 3.05. The van der Waals surface area contributed by atoms with Crippen molar-refractivity contribution in [3.05, 3.63) is 71.7 Å². The van der Waals surface area contributed by atoms with E-state index < -0.39 is 0 Å². The zero-order chi connectivity index (χ0) is 15.8. The minimum absolute atomic E-state index is 0. The third-order valence-electron chi connectivity index (χ3n) is 4.87. The number of hydrogen-bond donors (Lipinski definition) is 1. The molecule has 0 spiro atoms. The number of halogens is 1. The van der Waals surface area contributed by atoms with Crippen molar-refractivity contribution in [3.8, 4) is 0 Å². The van der Waals surface area contributed by atoms with Crippen molar-refractivity contribution in [2.45, 2.75) is 25.4 Å². The van der Waals surface area contributed by atoms with Gasteiger partial charge in [-0.05, 0) is 24.6 Å². The lowest BCUT2D eigenvalue weighted by atomic mass is 9.95. The molecule has 1 aliphatic heterocycles. The molecule has 2 aromatic heterocycles. The summed E-state index contributed by atoms with van der Waals surface area (Å²) in [5, 5.41) is 0. The number of fused-ring (bicyclic) bond motifs is 1. The van der Waals surface area contributed by atoms with Crippen LogP contribution in [0, 0.1) is 6.92 Å². The predicted octanol–water partition coefficient (Wildman–Crippen LogP) is 2.99. The van der Waals surface area contributed by atoms with E-state index in [1.165, 1.54) is 11.3 Å². The summed E-state index contributed by atoms with van der Waals surface area (Å²) >= 11 is 0. The molecule has 3 heterocycles.